The van der Waals surface area contributed by atoms with Crippen LogP contribution in [0.5, 0.6) is 0 Å². The molecule has 0 aliphatic heterocycles. The van der Waals surface area contributed by atoms with Crippen molar-refractivity contribution in [3.63, 3.8) is 0 Å². The number of aryl methyl sites for hydroxylation is 1. The Morgan fingerprint density at radius 2 is 1.83 bits per heavy atom. The van der Waals surface area contributed by atoms with E-state index in [0.29, 0.717) is 16.6 Å². The second-order valence-electron chi connectivity index (χ2n) is 4.09. The predicted molar refractivity (Wildman–Crippen MR) is 74.9 cm³/mol. The van der Waals surface area contributed by atoms with Crippen molar-refractivity contribution in [2.45, 2.75) is 13.5 Å². The fraction of sp³-hybridized carbons (Fsp3) is 0.143. The molecule has 18 heavy (non-hydrogen) atoms. The molecule has 0 fully saturated rings. The van der Waals surface area contributed by atoms with Crippen LogP contribution in [0.3, 0.4) is 0 Å². The fourth-order valence-electron chi connectivity index (χ4n) is 1.74. The molecule has 0 aliphatic carbocycles. The highest BCUT2D eigenvalue weighted by Crippen LogP contribution is 2.21. The molecule has 0 heterocycles. The maximum atomic E-state index is 13.2. The average molecular weight is 284 g/mol. The van der Waals surface area contributed by atoms with Gasteiger partial charge in [-0.05, 0) is 54.4 Å². The van der Waals surface area contributed by atoms with Gasteiger partial charge in [-0.25, -0.2) is 4.39 Å². The summed E-state index contributed by atoms with van der Waals surface area (Å²) in [4.78, 5) is 0. The van der Waals surface area contributed by atoms with Crippen LogP contribution in [-0.4, -0.2) is 0 Å². The molecule has 0 unspecified atom stereocenters. The number of halogens is 3. The Balaban J connectivity index is 2.11. The molecule has 2 rings (SSSR count). The van der Waals surface area contributed by atoms with Crippen LogP contribution in [0.25, 0.3) is 0 Å². The van der Waals surface area contributed by atoms with Gasteiger partial charge in [-0.3, -0.25) is 0 Å². The van der Waals surface area contributed by atoms with Gasteiger partial charge >= 0.3 is 0 Å². The van der Waals surface area contributed by atoms with Crippen LogP contribution in [0.15, 0.2) is 36.4 Å². The van der Waals surface area contributed by atoms with Gasteiger partial charge in [-0.15, -0.1) is 0 Å². The Morgan fingerprint density at radius 1 is 1.06 bits per heavy atom. The van der Waals surface area contributed by atoms with Gasteiger partial charge in [0.25, 0.3) is 0 Å². The average Bonchev–Trinajstić information content (AvgIpc) is 2.26. The van der Waals surface area contributed by atoms with E-state index in [1.807, 2.05) is 25.1 Å². The standard InChI is InChI=1S/C14H12Cl2FN/c1-9-4-11(15)2-3-14(9)18-8-10-5-12(16)7-13(17)6-10/h2-7,18H,8H2,1H3. The first kappa shape index (κ1) is 13.2. The Labute approximate surface area is 116 Å². The van der Waals surface area contributed by atoms with Gasteiger partial charge in [0, 0.05) is 22.3 Å². The van der Waals surface area contributed by atoms with Crippen LogP contribution in [0.4, 0.5) is 10.1 Å². The van der Waals surface area contributed by atoms with Gasteiger partial charge in [0.05, 0.1) is 0 Å². The monoisotopic (exact) mass is 283 g/mol. The van der Waals surface area contributed by atoms with Crippen LogP contribution in [0, 0.1) is 12.7 Å². The van der Waals surface area contributed by atoms with E-state index in [0.717, 1.165) is 16.8 Å². The lowest BCUT2D eigenvalue weighted by molar-refractivity contribution is 0.626. The van der Waals surface area contributed by atoms with Crippen LogP contribution >= 0.6 is 23.2 Å². The molecule has 2 aromatic carbocycles. The highest BCUT2D eigenvalue weighted by atomic mass is 35.5. The van der Waals surface area contributed by atoms with Crippen molar-refractivity contribution in [1.82, 2.24) is 0 Å². The zero-order valence-corrected chi connectivity index (χ0v) is 11.3. The zero-order chi connectivity index (χ0) is 13.1. The van der Waals surface area contributed by atoms with E-state index < -0.39 is 0 Å². The summed E-state index contributed by atoms with van der Waals surface area (Å²) in [6.07, 6.45) is 0. The lowest BCUT2D eigenvalue weighted by Crippen LogP contribution is -2.01. The second kappa shape index (κ2) is 5.59. The topological polar surface area (TPSA) is 12.0 Å². The van der Waals surface area contributed by atoms with Crippen LogP contribution in [0.1, 0.15) is 11.1 Å². The molecule has 0 atom stereocenters. The molecule has 1 N–H and O–H groups in total. The number of hydrogen-bond acceptors (Lipinski definition) is 1. The molecular weight excluding hydrogens is 272 g/mol. The lowest BCUT2D eigenvalue weighted by atomic mass is 10.1. The van der Waals surface area contributed by atoms with Crippen LogP contribution in [-0.2, 0) is 6.54 Å². The zero-order valence-electron chi connectivity index (χ0n) is 9.81. The van der Waals surface area contributed by atoms with Crippen LogP contribution < -0.4 is 5.32 Å². The van der Waals surface area contributed by atoms with E-state index >= 15 is 0 Å². The number of nitrogens with one attached hydrogen (secondary N) is 1. The SMILES string of the molecule is Cc1cc(Cl)ccc1NCc1cc(F)cc(Cl)c1. The molecule has 0 aliphatic rings. The van der Waals surface area contributed by atoms with Crippen molar-refractivity contribution in [1.29, 1.82) is 0 Å². The molecular formula is C14H12Cl2FN. The number of anilines is 1. The van der Waals surface area contributed by atoms with E-state index in [1.54, 1.807) is 6.07 Å². The largest absolute Gasteiger partial charge is 0.381 e. The van der Waals surface area contributed by atoms with Crippen molar-refractivity contribution in [3.05, 3.63) is 63.4 Å². The van der Waals surface area contributed by atoms with Crippen molar-refractivity contribution >= 4 is 28.9 Å². The molecule has 94 valence electrons. The summed E-state index contributed by atoms with van der Waals surface area (Å²) in [5, 5.41) is 4.33. The predicted octanol–water partition coefficient (Wildman–Crippen LogP) is 5.05. The van der Waals surface area contributed by atoms with E-state index in [4.69, 9.17) is 23.2 Å². The lowest BCUT2D eigenvalue weighted by Gasteiger charge is -2.10. The normalized spacial score (nSPS) is 10.4. The minimum Gasteiger partial charge on any atom is -0.381 e. The van der Waals surface area contributed by atoms with Crippen molar-refractivity contribution in [2.75, 3.05) is 5.32 Å². The molecule has 0 bridgehead atoms. The Bertz CT molecular complexity index is 549. The molecule has 0 radical (unpaired) electrons. The molecule has 0 amide bonds. The highest BCUT2D eigenvalue weighted by Gasteiger charge is 2.02. The quantitative estimate of drug-likeness (QED) is 0.831. The summed E-state index contributed by atoms with van der Waals surface area (Å²) in [7, 11) is 0. The van der Waals surface area contributed by atoms with Gasteiger partial charge in [-0.1, -0.05) is 23.2 Å². The first-order chi connectivity index (χ1) is 8.54. The molecule has 1 nitrogen and oxygen atoms in total. The summed E-state index contributed by atoms with van der Waals surface area (Å²) in [6, 6.07) is 10.1. The van der Waals surface area contributed by atoms with E-state index in [-0.39, 0.29) is 5.82 Å². The fourth-order valence-corrected chi connectivity index (χ4v) is 2.21. The Hall–Kier alpha value is -1.25. The van der Waals surface area contributed by atoms with Gasteiger partial charge in [0.2, 0.25) is 0 Å². The summed E-state index contributed by atoms with van der Waals surface area (Å²) < 4.78 is 13.2. The van der Waals surface area contributed by atoms with E-state index in [9.17, 15) is 4.39 Å². The molecule has 0 spiro atoms. The Morgan fingerprint density at radius 3 is 2.50 bits per heavy atom. The second-order valence-corrected chi connectivity index (χ2v) is 4.96. The minimum atomic E-state index is -0.327. The molecule has 0 saturated carbocycles. The summed E-state index contributed by atoms with van der Waals surface area (Å²) in [6.45, 7) is 2.48. The molecule has 0 aromatic heterocycles. The van der Waals surface area contributed by atoms with Crippen molar-refractivity contribution < 1.29 is 4.39 Å². The smallest absolute Gasteiger partial charge is 0.125 e. The third-order valence-corrected chi connectivity index (χ3v) is 3.05. The van der Waals surface area contributed by atoms with Gasteiger partial charge in [0.1, 0.15) is 5.82 Å². The summed E-state index contributed by atoms with van der Waals surface area (Å²) in [5.74, 6) is -0.327. The van der Waals surface area contributed by atoms with Gasteiger partial charge in [-0.2, -0.15) is 0 Å². The van der Waals surface area contributed by atoms with Crippen LogP contribution in [0.2, 0.25) is 10.0 Å². The first-order valence-electron chi connectivity index (χ1n) is 5.49. The number of rotatable bonds is 3. The van der Waals surface area contributed by atoms with Crippen molar-refractivity contribution in [2.24, 2.45) is 0 Å². The highest BCUT2D eigenvalue weighted by molar-refractivity contribution is 6.31. The number of benzene rings is 2. The van der Waals surface area contributed by atoms with Gasteiger partial charge < -0.3 is 5.32 Å². The summed E-state index contributed by atoms with van der Waals surface area (Å²) >= 11 is 11.7. The first-order valence-corrected chi connectivity index (χ1v) is 6.25. The maximum absolute atomic E-state index is 13.2. The number of hydrogen-bond donors (Lipinski definition) is 1. The van der Waals surface area contributed by atoms with E-state index in [2.05, 4.69) is 5.32 Å². The third kappa shape index (κ3) is 3.37. The molecule has 0 saturated heterocycles. The van der Waals surface area contributed by atoms with E-state index in [1.165, 1.54) is 12.1 Å². The molecule has 4 heteroatoms. The Kier molecular flexibility index (Phi) is 4.10. The molecule has 2 aromatic rings. The summed E-state index contributed by atoms with van der Waals surface area (Å²) in [5.41, 5.74) is 2.82. The minimum absolute atomic E-state index is 0.327. The van der Waals surface area contributed by atoms with Crippen molar-refractivity contribution in [3.8, 4) is 0 Å². The maximum Gasteiger partial charge on any atom is 0.125 e. The third-order valence-electron chi connectivity index (χ3n) is 2.59. The van der Waals surface area contributed by atoms with Gasteiger partial charge in [0.15, 0.2) is 0 Å².